The number of halogens is 3. The van der Waals surface area contributed by atoms with E-state index in [1.165, 1.54) is 0 Å². The molecule has 0 aliphatic heterocycles. The summed E-state index contributed by atoms with van der Waals surface area (Å²) < 4.78 is 15.6. The highest BCUT2D eigenvalue weighted by molar-refractivity contribution is 6.35. The summed E-state index contributed by atoms with van der Waals surface area (Å²) >= 11 is 11.8. The largest absolute Gasteiger partial charge is 0.324 e. The van der Waals surface area contributed by atoms with Crippen molar-refractivity contribution in [3.05, 3.63) is 51.5 Å². The van der Waals surface area contributed by atoms with Gasteiger partial charge >= 0.3 is 0 Å². The molecule has 1 aromatic heterocycles. The Labute approximate surface area is 133 Å². The fourth-order valence-corrected chi connectivity index (χ4v) is 3.63. The first-order valence-corrected chi connectivity index (χ1v) is 7.65. The average molecular weight is 327 g/mol. The number of fused-ring (bicyclic) bond motifs is 1. The molecule has 5 heteroatoms. The lowest BCUT2D eigenvalue weighted by atomic mass is 9.74. The number of benzene rings is 1. The van der Waals surface area contributed by atoms with E-state index >= 15 is 0 Å². The second-order valence-electron chi connectivity index (χ2n) is 6.46. The molecule has 0 radical (unpaired) electrons. The van der Waals surface area contributed by atoms with Crippen LogP contribution in [-0.2, 0) is 6.42 Å². The highest BCUT2D eigenvalue weighted by atomic mass is 35.5. The first-order valence-electron chi connectivity index (χ1n) is 6.89. The molecule has 2 N–H and O–H groups in total. The Morgan fingerprint density at radius 1 is 1.29 bits per heavy atom. The molecule has 0 saturated carbocycles. The molecule has 2 nitrogen and oxygen atoms in total. The third-order valence-electron chi connectivity index (χ3n) is 4.09. The summed E-state index contributed by atoms with van der Waals surface area (Å²) in [4.78, 5) is 0. The van der Waals surface area contributed by atoms with Crippen LogP contribution in [0.3, 0.4) is 0 Å². The molecule has 1 aliphatic carbocycles. The fourth-order valence-electron chi connectivity index (χ4n) is 3.16. The van der Waals surface area contributed by atoms with Crippen LogP contribution < -0.4 is 5.73 Å². The highest BCUT2D eigenvalue weighted by Crippen LogP contribution is 2.41. The Balaban J connectivity index is 2.14. The van der Waals surface area contributed by atoms with Crippen LogP contribution in [0.15, 0.2) is 24.4 Å². The van der Waals surface area contributed by atoms with Gasteiger partial charge in [0.1, 0.15) is 0 Å². The molecule has 1 aliphatic rings. The molecule has 3 rings (SSSR count). The van der Waals surface area contributed by atoms with Gasteiger partial charge in [0.25, 0.3) is 0 Å². The summed E-state index contributed by atoms with van der Waals surface area (Å²) in [5.41, 5.74) is 9.46. The van der Waals surface area contributed by atoms with Crippen LogP contribution in [0, 0.1) is 11.2 Å². The van der Waals surface area contributed by atoms with Crippen LogP contribution in [0.1, 0.15) is 37.6 Å². The summed E-state index contributed by atoms with van der Waals surface area (Å²) in [5, 5.41) is 0.0543. The van der Waals surface area contributed by atoms with Crippen LogP contribution in [0.5, 0.6) is 0 Å². The molecular weight excluding hydrogens is 310 g/mol. The third kappa shape index (κ3) is 2.59. The summed E-state index contributed by atoms with van der Waals surface area (Å²) in [6.45, 7) is 4.41. The number of hydrogen-bond acceptors (Lipinski definition) is 1. The third-order valence-corrected chi connectivity index (χ3v) is 4.64. The lowest BCUT2D eigenvalue weighted by Gasteiger charge is -2.34. The molecule has 0 spiro atoms. The monoisotopic (exact) mass is 326 g/mol. The normalized spacial score (nSPS) is 20.4. The predicted octanol–water partition coefficient (Wildman–Crippen LogP) is 4.90. The minimum Gasteiger partial charge on any atom is -0.324 e. The summed E-state index contributed by atoms with van der Waals surface area (Å²) in [7, 11) is 0. The molecule has 1 unspecified atom stereocenters. The van der Waals surface area contributed by atoms with Crippen molar-refractivity contribution in [2.75, 3.05) is 0 Å². The van der Waals surface area contributed by atoms with E-state index in [0.717, 1.165) is 29.8 Å². The van der Waals surface area contributed by atoms with Crippen molar-refractivity contribution < 1.29 is 4.39 Å². The molecule has 0 saturated heterocycles. The van der Waals surface area contributed by atoms with Gasteiger partial charge in [0.05, 0.1) is 10.0 Å². The topological polar surface area (TPSA) is 30.9 Å². The quantitative estimate of drug-likeness (QED) is 0.743. The van der Waals surface area contributed by atoms with Crippen molar-refractivity contribution in [3.8, 4) is 5.69 Å². The van der Waals surface area contributed by atoms with Crippen molar-refractivity contribution >= 4 is 23.2 Å². The van der Waals surface area contributed by atoms with Gasteiger partial charge in [0.15, 0.2) is 5.82 Å². The van der Waals surface area contributed by atoms with E-state index in [0.29, 0.717) is 0 Å². The molecule has 1 atom stereocenters. The zero-order chi connectivity index (χ0) is 15.4. The van der Waals surface area contributed by atoms with E-state index in [-0.39, 0.29) is 21.5 Å². The maximum Gasteiger partial charge on any atom is 0.160 e. The van der Waals surface area contributed by atoms with E-state index in [1.54, 1.807) is 12.1 Å². The predicted molar refractivity (Wildman–Crippen MR) is 84.8 cm³/mol. The van der Waals surface area contributed by atoms with Gasteiger partial charge < -0.3 is 10.3 Å². The molecule has 21 heavy (non-hydrogen) atoms. The van der Waals surface area contributed by atoms with Gasteiger partial charge in [-0.15, -0.1) is 0 Å². The Morgan fingerprint density at radius 3 is 2.52 bits per heavy atom. The minimum absolute atomic E-state index is 0.0244. The van der Waals surface area contributed by atoms with Crippen LogP contribution >= 0.6 is 23.2 Å². The number of nitrogens with two attached hydrogens (primary N) is 1. The standard InChI is InChI=1S/C16H17Cl2FN2/c1-16(2)7-13(20)10-3-4-21(14(10)8-16)9-5-11(17)15(19)12(18)6-9/h3-6,13H,7-8,20H2,1-2H3. The van der Waals surface area contributed by atoms with Gasteiger partial charge in [-0.3, -0.25) is 0 Å². The smallest absolute Gasteiger partial charge is 0.160 e. The molecule has 1 heterocycles. The van der Waals surface area contributed by atoms with Gasteiger partial charge in [0.2, 0.25) is 0 Å². The lowest BCUT2D eigenvalue weighted by Crippen LogP contribution is -2.30. The average Bonchev–Trinajstić information content (AvgIpc) is 2.77. The van der Waals surface area contributed by atoms with Crippen molar-refractivity contribution in [1.82, 2.24) is 4.57 Å². The zero-order valence-electron chi connectivity index (χ0n) is 12.0. The minimum atomic E-state index is -0.583. The second-order valence-corrected chi connectivity index (χ2v) is 7.28. The van der Waals surface area contributed by atoms with Crippen LogP contribution in [0.4, 0.5) is 4.39 Å². The van der Waals surface area contributed by atoms with Crippen molar-refractivity contribution in [1.29, 1.82) is 0 Å². The zero-order valence-corrected chi connectivity index (χ0v) is 13.5. The van der Waals surface area contributed by atoms with Crippen LogP contribution in [0.2, 0.25) is 10.0 Å². The maximum absolute atomic E-state index is 13.6. The molecule has 112 valence electrons. The summed E-state index contributed by atoms with van der Waals surface area (Å²) in [6, 6.07) is 5.24. The van der Waals surface area contributed by atoms with Gasteiger partial charge in [0, 0.05) is 23.6 Å². The lowest BCUT2D eigenvalue weighted by molar-refractivity contribution is 0.278. The van der Waals surface area contributed by atoms with E-state index < -0.39 is 5.82 Å². The molecular formula is C16H17Cl2FN2. The number of hydrogen-bond donors (Lipinski definition) is 1. The van der Waals surface area contributed by atoms with Gasteiger partial charge in [-0.2, -0.15) is 0 Å². The van der Waals surface area contributed by atoms with Crippen molar-refractivity contribution in [3.63, 3.8) is 0 Å². The van der Waals surface area contributed by atoms with Gasteiger partial charge in [-0.05, 0) is 42.0 Å². The summed E-state index contributed by atoms with van der Waals surface area (Å²) in [6.07, 6.45) is 3.82. The molecule has 0 amide bonds. The number of aromatic nitrogens is 1. The molecule has 0 bridgehead atoms. The molecule has 1 aromatic carbocycles. The maximum atomic E-state index is 13.6. The Morgan fingerprint density at radius 2 is 1.90 bits per heavy atom. The van der Waals surface area contributed by atoms with E-state index in [2.05, 4.69) is 13.8 Å². The Kier molecular flexibility index (Phi) is 3.55. The van der Waals surface area contributed by atoms with Gasteiger partial charge in [-0.25, -0.2) is 4.39 Å². The SMILES string of the molecule is CC1(C)Cc2c(ccn2-c2cc(Cl)c(F)c(Cl)c2)C(N)C1. The van der Waals surface area contributed by atoms with Crippen LogP contribution in [0.25, 0.3) is 5.69 Å². The first kappa shape index (κ1) is 14.9. The fraction of sp³-hybridized carbons (Fsp3) is 0.375. The van der Waals surface area contributed by atoms with E-state index in [1.807, 2.05) is 16.8 Å². The Hall–Kier alpha value is -1.03. The Bertz CT molecular complexity index is 683. The van der Waals surface area contributed by atoms with Crippen molar-refractivity contribution in [2.24, 2.45) is 11.1 Å². The number of rotatable bonds is 1. The van der Waals surface area contributed by atoms with Crippen LogP contribution in [-0.4, -0.2) is 4.57 Å². The number of nitrogens with zero attached hydrogens (tertiary/aromatic N) is 1. The van der Waals surface area contributed by atoms with E-state index in [4.69, 9.17) is 28.9 Å². The van der Waals surface area contributed by atoms with Gasteiger partial charge in [-0.1, -0.05) is 37.0 Å². The highest BCUT2D eigenvalue weighted by Gasteiger charge is 2.32. The van der Waals surface area contributed by atoms with Crippen molar-refractivity contribution in [2.45, 2.75) is 32.7 Å². The summed E-state index contributed by atoms with van der Waals surface area (Å²) in [5.74, 6) is -0.583. The molecule has 2 aromatic rings. The molecule has 0 fully saturated rings. The van der Waals surface area contributed by atoms with E-state index in [9.17, 15) is 4.39 Å². The second kappa shape index (κ2) is 5.01. The first-order chi connectivity index (χ1) is 9.78.